The van der Waals surface area contributed by atoms with E-state index in [0.717, 1.165) is 38.0 Å². The van der Waals surface area contributed by atoms with Crippen molar-refractivity contribution in [3.63, 3.8) is 0 Å². The Bertz CT molecular complexity index is 514. The molecular formula is C17H22N2O. The van der Waals surface area contributed by atoms with Crippen LogP contribution >= 0.6 is 0 Å². The van der Waals surface area contributed by atoms with E-state index in [1.807, 2.05) is 6.21 Å². The van der Waals surface area contributed by atoms with Gasteiger partial charge in [-0.25, -0.2) is 0 Å². The summed E-state index contributed by atoms with van der Waals surface area (Å²) in [5.74, 6) is 1.73. The first-order valence-corrected chi connectivity index (χ1v) is 7.86. The summed E-state index contributed by atoms with van der Waals surface area (Å²) in [6.07, 6.45) is 5.79. The van der Waals surface area contributed by atoms with Gasteiger partial charge in [0.05, 0.1) is 13.2 Å². The van der Waals surface area contributed by atoms with Gasteiger partial charge in [-0.2, -0.15) is 0 Å². The molecule has 4 rings (SSSR count). The molecule has 0 radical (unpaired) electrons. The highest BCUT2D eigenvalue weighted by atomic mass is 16.5. The predicted molar refractivity (Wildman–Crippen MR) is 81.9 cm³/mol. The minimum Gasteiger partial charge on any atom is -0.381 e. The van der Waals surface area contributed by atoms with Gasteiger partial charge in [-0.1, -0.05) is 12.1 Å². The molecule has 2 fully saturated rings. The molecule has 20 heavy (non-hydrogen) atoms. The van der Waals surface area contributed by atoms with Crippen molar-refractivity contribution >= 4 is 11.9 Å². The zero-order chi connectivity index (χ0) is 13.4. The van der Waals surface area contributed by atoms with Gasteiger partial charge in [-0.15, -0.1) is 0 Å². The van der Waals surface area contributed by atoms with Crippen LogP contribution in [0.2, 0.25) is 0 Å². The first-order chi connectivity index (χ1) is 9.92. The number of piperidine rings is 1. The number of nitrogens with zero attached hydrogens (tertiary/aromatic N) is 2. The molecule has 106 valence electrons. The highest BCUT2D eigenvalue weighted by molar-refractivity contribution is 5.85. The average Bonchev–Trinajstić information content (AvgIpc) is 2.46. The van der Waals surface area contributed by atoms with Crippen LogP contribution in [0.1, 0.15) is 24.0 Å². The van der Waals surface area contributed by atoms with Gasteiger partial charge in [0.15, 0.2) is 0 Å². The summed E-state index contributed by atoms with van der Waals surface area (Å²) >= 11 is 0. The molecule has 3 heterocycles. The lowest BCUT2D eigenvalue weighted by Crippen LogP contribution is -2.42. The number of aliphatic imine (C=N–C) groups is 1. The first kappa shape index (κ1) is 12.4. The Labute approximate surface area is 120 Å². The maximum Gasteiger partial charge on any atom is 0.0519 e. The molecule has 0 spiro atoms. The first-order valence-electron chi connectivity index (χ1n) is 7.86. The summed E-state index contributed by atoms with van der Waals surface area (Å²) in [7, 11) is 0. The lowest BCUT2D eigenvalue weighted by Gasteiger charge is -2.41. The summed E-state index contributed by atoms with van der Waals surface area (Å²) in [6.45, 7) is 5.35. The Kier molecular flexibility index (Phi) is 3.23. The second kappa shape index (κ2) is 5.21. The van der Waals surface area contributed by atoms with Gasteiger partial charge in [-0.3, -0.25) is 4.99 Å². The van der Waals surface area contributed by atoms with Gasteiger partial charge in [0.2, 0.25) is 0 Å². The summed E-state index contributed by atoms with van der Waals surface area (Å²) < 4.78 is 5.35. The summed E-state index contributed by atoms with van der Waals surface area (Å²) in [6, 6.07) is 6.67. The molecule has 0 unspecified atom stereocenters. The lowest BCUT2D eigenvalue weighted by atomic mass is 9.83. The lowest BCUT2D eigenvalue weighted by molar-refractivity contribution is -0.0650. The van der Waals surface area contributed by atoms with Crippen LogP contribution in [-0.2, 0) is 11.2 Å². The second-order valence-electron chi connectivity index (χ2n) is 6.25. The van der Waals surface area contributed by atoms with Crippen molar-refractivity contribution in [1.29, 1.82) is 0 Å². The summed E-state index contributed by atoms with van der Waals surface area (Å²) in [4.78, 5) is 6.99. The molecule has 3 aliphatic heterocycles. The van der Waals surface area contributed by atoms with Gasteiger partial charge in [0.25, 0.3) is 0 Å². The Hall–Kier alpha value is -1.35. The number of fused-ring (bicyclic) bond motifs is 1. The van der Waals surface area contributed by atoms with E-state index in [-0.39, 0.29) is 0 Å². The molecule has 3 aliphatic rings. The summed E-state index contributed by atoms with van der Waals surface area (Å²) in [5, 5.41) is 0. The fourth-order valence-corrected chi connectivity index (χ4v) is 3.76. The molecule has 0 aliphatic carbocycles. The largest absolute Gasteiger partial charge is 0.381 e. The van der Waals surface area contributed by atoms with Gasteiger partial charge in [0.1, 0.15) is 0 Å². The Balaban J connectivity index is 1.50. The third-order valence-electron chi connectivity index (χ3n) is 5.12. The topological polar surface area (TPSA) is 24.8 Å². The standard InChI is InChI=1S/C17H22N2O/c1-2-14-10-18-7-4-16(14)17(3-1)19-8-5-13(6-9-19)15-11-20-12-15/h1-3,10,13,15H,4-9,11-12H2. The quantitative estimate of drug-likeness (QED) is 0.825. The average molecular weight is 270 g/mol. The number of hydrogen-bond acceptors (Lipinski definition) is 3. The summed E-state index contributed by atoms with van der Waals surface area (Å²) in [5.41, 5.74) is 4.29. The van der Waals surface area contributed by atoms with Crippen molar-refractivity contribution in [2.24, 2.45) is 16.8 Å². The van der Waals surface area contributed by atoms with E-state index in [1.165, 1.54) is 42.7 Å². The van der Waals surface area contributed by atoms with E-state index in [2.05, 4.69) is 28.1 Å². The Morgan fingerprint density at radius 3 is 2.70 bits per heavy atom. The van der Waals surface area contributed by atoms with Crippen LogP contribution in [0.15, 0.2) is 23.2 Å². The van der Waals surface area contributed by atoms with Crippen LogP contribution in [0.3, 0.4) is 0 Å². The normalized spacial score (nSPS) is 23.5. The van der Waals surface area contributed by atoms with Gasteiger partial charge in [-0.05, 0) is 42.4 Å². The van der Waals surface area contributed by atoms with E-state index < -0.39 is 0 Å². The SMILES string of the molecule is C1=NCCc2c1cccc2N1CCC(C2COC2)CC1. The van der Waals surface area contributed by atoms with Crippen LogP contribution in [0.25, 0.3) is 0 Å². The van der Waals surface area contributed by atoms with Crippen molar-refractivity contribution in [3.05, 3.63) is 29.3 Å². The molecule has 3 heteroatoms. The van der Waals surface area contributed by atoms with Crippen molar-refractivity contribution in [3.8, 4) is 0 Å². The van der Waals surface area contributed by atoms with Gasteiger partial charge >= 0.3 is 0 Å². The molecule has 1 aromatic carbocycles. The maximum atomic E-state index is 5.35. The molecule has 0 bridgehead atoms. The number of anilines is 1. The zero-order valence-electron chi connectivity index (χ0n) is 11.9. The van der Waals surface area contributed by atoms with E-state index in [0.29, 0.717) is 0 Å². The zero-order valence-corrected chi connectivity index (χ0v) is 11.9. The number of benzene rings is 1. The Morgan fingerprint density at radius 2 is 1.95 bits per heavy atom. The van der Waals surface area contributed by atoms with Gasteiger partial charge in [0, 0.05) is 37.5 Å². The number of hydrogen-bond donors (Lipinski definition) is 0. The van der Waals surface area contributed by atoms with E-state index in [9.17, 15) is 0 Å². The maximum absolute atomic E-state index is 5.35. The molecule has 2 saturated heterocycles. The molecule has 0 N–H and O–H groups in total. The molecular weight excluding hydrogens is 248 g/mol. The minimum absolute atomic E-state index is 0.842. The van der Waals surface area contributed by atoms with Crippen molar-refractivity contribution in [2.45, 2.75) is 19.3 Å². The predicted octanol–water partition coefficient (Wildman–Crippen LogP) is 2.52. The molecule has 0 atom stereocenters. The van der Waals surface area contributed by atoms with Crippen LogP contribution in [0.5, 0.6) is 0 Å². The molecule has 0 saturated carbocycles. The van der Waals surface area contributed by atoms with Crippen LogP contribution in [0, 0.1) is 11.8 Å². The fraction of sp³-hybridized carbons (Fsp3) is 0.588. The van der Waals surface area contributed by atoms with E-state index >= 15 is 0 Å². The minimum atomic E-state index is 0.842. The van der Waals surface area contributed by atoms with Crippen molar-refractivity contribution < 1.29 is 4.74 Å². The fourth-order valence-electron chi connectivity index (χ4n) is 3.76. The van der Waals surface area contributed by atoms with Crippen molar-refractivity contribution in [1.82, 2.24) is 0 Å². The highest BCUT2D eigenvalue weighted by Gasteiger charge is 2.31. The second-order valence-corrected chi connectivity index (χ2v) is 6.25. The number of ether oxygens (including phenoxy) is 1. The molecule has 0 amide bonds. The monoisotopic (exact) mass is 270 g/mol. The number of rotatable bonds is 2. The van der Waals surface area contributed by atoms with E-state index in [4.69, 9.17) is 4.74 Å². The van der Waals surface area contributed by atoms with Crippen LogP contribution < -0.4 is 4.90 Å². The smallest absolute Gasteiger partial charge is 0.0519 e. The third-order valence-corrected chi connectivity index (χ3v) is 5.12. The third kappa shape index (κ3) is 2.14. The molecule has 1 aromatic rings. The van der Waals surface area contributed by atoms with Crippen LogP contribution in [-0.4, -0.2) is 39.1 Å². The van der Waals surface area contributed by atoms with E-state index in [1.54, 1.807) is 0 Å². The van der Waals surface area contributed by atoms with Crippen LogP contribution in [0.4, 0.5) is 5.69 Å². The van der Waals surface area contributed by atoms with Crippen molar-refractivity contribution in [2.75, 3.05) is 37.7 Å². The highest BCUT2D eigenvalue weighted by Crippen LogP contribution is 2.34. The molecule has 0 aromatic heterocycles. The molecule has 3 nitrogen and oxygen atoms in total. The Morgan fingerprint density at radius 1 is 1.10 bits per heavy atom. The van der Waals surface area contributed by atoms with Gasteiger partial charge < -0.3 is 9.64 Å².